The number of amides is 1. The van der Waals surface area contributed by atoms with Crippen LogP contribution < -0.4 is 5.32 Å². The largest absolute Gasteiger partial charge is 0.481 e. The zero-order valence-electron chi connectivity index (χ0n) is 13.8. The number of aliphatic carboxylic acids is 1. The molecule has 8 nitrogen and oxygen atoms in total. The third-order valence-electron chi connectivity index (χ3n) is 5.71. The van der Waals surface area contributed by atoms with Crippen molar-refractivity contribution in [3.63, 3.8) is 0 Å². The van der Waals surface area contributed by atoms with Crippen LogP contribution in [0.25, 0.3) is 10.8 Å². The number of aromatic nitrogens is 4. The van der Waals surface area contributed by atoms with E-state index < -0.39 is 11.4 Å². The van der Waals surface area contributed by atoms with E-state index in [0.717, 1.165) is 4.88 Å². The van der Waals surface area contributed by atoms with Crippen LogP contribution in [0.15, 0.2) is 6.33 Å². The zero-order chi connectivity index (χ0) is 17.7. The van der Waals surface area contributed by atoms with Crippen LogP contribution in [0.1, 0.15) is 53.9 Å². The number of nitrogens with zero attached hydrogens (tertiary/aromatic N) is 3. The zero-order valence-corrected chi connectivity index (χ0v) is 14.7. The second kappa shape index (κ2) is 5.62. The number of aromatic amines is 1. The number of H-pyrrole nitrogens is 1. The predicted octanol–water partition coefficient (Wildman–Crippen LogP) is 2.14. The van der Waals surface area contributed by atoms with E-state index in [-0.39, 0.29) is 11.4 Å². The molecule has 0 spiro atoms. The monoisotopic (exact) mass is 361 g/mol. The number of carbonyl (C=O) groups is 2. The van der Waals surface area contributed by atoms with Crippen molar-refractivity contribution in [2.75, 3.05) is 0 Å². The SMILES string of the molecule is Cc1sc(-c2ncn[nH]2)nc1C(=O)NC12CCC(C(=O)O)(CC1)CC2. The third-order valence-corrected chi connectivity index (χ3v) is 6.69. The molecule has 2 heterocycles. The summed E-state index contributed by atoms with van der Waals surface area (Å²) in [5, 5.41) is 19.8. The van der Waals surface area contributed by atoms with Gasteiger partial charge in [0.15, 0.2) is 10.8 Å². The first-order valence-corrected chi connectivity index (χ1v) is 9.14. The summed E-state index contributed by atoms with van der Waals surface area (Å²) >= 11 is 1.40. The van der Waals surface area contributed by atoms with E-state index in [4.69, 9.17) is 0 Å². The van der Waals surface area contributed by atoms with Crippen molar-refractivity contribution < 1.29 is 14.7 Å². The van der Waals surface area contributed by atoms with Gasteiger partial charge in [-0.2, -0.15) is 5.10 Å². The van der Waals surface area contributed by atoms with Crippen LogP contribution in [0.3, 0.4) is 0 Å². The molecular formula is C16H19N5O3S. The number of nitrogens with one attached hydrogen (secondary N) is 2. The van der Waals surface area contributed by atoms with Crippen LogP contribution >= 0.6 is 11.3 Å². The summed E-state index contributed by atoms with van der Waals surface area (Å²) in [5.41, 5.74) is -0.467. The number of thiazole rings is 1. The van der Waals surface area contributed by atoms with Crippen molar-refractivity contribution in [3.8, 4) is 10.8 Å². The topological polar surface area (TPSA) is 121 Å². The molecule has 3 fully saturated rings. The minimum Gasteiger partial charge on any atom is -0.481 e. The number of carboxylic acids is 1. The van der Waals surface area contributed by atoms with Crippen molar-refractivity contribution in [2.45, 2.75) is 51.0 Å². The minimum atomic E-state index is -0.695. The van der Waals surface area contributed by atoms with Gasteiger partial charge in [-0.3, -0.25) is 14.7 Å². The molecule has 3 aliphatic rings. The van der Waals surface area contributed by atoms with Gasteiger partial charge in [0.25, 0.3) is 5.91 Å². The second-order valence-corrected chi connectivity index (χ2v) is 8.28. The molecule has 2 bridgehead atoms. The van der Waals surface area contributed by atoms with Gasteiger partial charge in [-0.15, -0.1) is 11.3 Å². The second-order valence-electron chi connectivity index (χ2n) is 7.08. The quantitative estimate of drug-likeness (QED) is 0.767. The maximum atomic E-state index is 12.8. The smallest absolute Gasteiger partial charge is 0.309 e. The van der Waals surface area contributed by atoms with Crippen LogP contribution in [0.4, 0.5) is 0 Å². The fourth-order valence-electron chi connectivity index (χ4n) is 4.01. The van der Waals surface area contributed by atoms with E-state index in [2.05, 4.69) is 25.5 Å². The molecule has 2 aromatic heterocycles. The fourth-order valence-corrected chi connectivity index (χ4v) is 4.87. The van der Waals surface area contributed by atoms with Crippen molar-refractivity contribution in [2.24, 2.45) is 5.41 Å². The van der Waals surface area contributed by atoms with Crippen LogP contribution in [0.5, 0.6) is 0 Å². The first-order valence-electron chi connectivity index (χ1n) is 8.32. The number of rotatable bonds is 4. The highest BCUT2D eigenvalue weighted by Crippen LogP contribution is 2.52. The highest BCUT2D eigenvalue weighted by Gasteiger charge is 2.53. The van der Waals surface area contributed by atoms with E-state index in [9.17, 15) is 14.7 Å². The first-order chi connectivity index (χ1) is 11.9. The van der Waals surface area contributed by atoms with Gasteiger partial charge in [-0.1, -0.05) is 0 Å². The summed E-state index contributed by atoms with van der Waals surface area (Å²) in [4.78, 5) is 33.6. The molecule has 3 saturated carbocycles. The Morgan fingerprint density at radius 2 is 1.92 bits per heavy atom. The first kappa shape index (κ1) is 16.2. The molecule has 0 atom stereocenters. The summed E-state index contributed by atoms with van der Waals surface area (Å²) in [7, 11) is 0. The number of carboxylic acid groups (broad SMARTS) is 1. The molecule has 2 aromatic rings. The minimum absolute atomic E-state index is 0.191. The van der Waals surface area contributed by atoms with E-state index in [1.807, 2.05) is 6.92 Å². The van der Waals surface area contributed by atoms with Crippen LogP contribution in [0, 0.1) is 12.3 Å². The summed E-state index contributed by atoms with van der Waals surface area (Å²) in [5.74, 6) is -0.338. The highest BCUT2D eigenvalue weighted by atomic mass is 32.1. The molecule has 9 heteroatoms. The molecule has 3 N–H and O–H groups in total. The number of fused-ring (bicyclic) bond motifs is 3. The van der Waals surface area contributed by atoms with Gasteiger partial charge < -0.3 is 10.4 Å². The summed E-state index contributed by atoms with van der Waals surface area (Å²) < 4.78 is 0. The maximum absolute atomic E-state index is 12.8. The van der Waals surface area contributed by atoms with Crippen LogP contribution in [0.2, 0.25) is 0 Å². The lowest BCUT2D eigenvalue weighted by molar-refractivity contribution is -0.156. The Morgan fingerprint density at radius 3 is 2.48 bits per heavy atom. The molecule has 3 aliphatic carbocycles. The van der Waals surface area contributed by atoms with E-state index in [1.54, 1.807) is 0 Å². The Morgan fingerprint density at radius 1 is 1.24 bits per heavy atom. The van der Waals surface area contributed by atoms with Crippen molar-refractivity contribution in [3.05, 3.63) is 16.9 Å². The van der Waals surface area contributed by atoms with Gasteiger partial charge in [0.05, 0.1) is 5.41 Å². The Balaban J connectivity index is 1.51. The summed E-state index contributed by atoms with van der Waals surface area (Å²) in [6, 6.07) is 0. The van der Waals surface area contributed by atoms with E-state index in [1.165, 1.54) is 17.7 Å². The number of aryl methyl sites for hydroxylation is 1. The summed E-state index contributed by atoms with van der Waals surface area (Å²) in [6.07, 6.45) is 5.42. The molecule has 0 radical (unpaired) electrons. The normalized spacial score (nSPS) is 28.0. The molecule has 132 valence electrons. The third kappa shape index (κ3) is 2.62. The highest BCUT2D eigenvalue weighted by molar-refractivity contribution is 7.15. The summed E-state index contributed by atoms with van der Waals surface area (Å²) in [6.45, 7) is 1.86. The molecule has 25 heavy (non-hydrogen) atoms. The Bertz CT molecular complexity index is 804. The molecule has 0 aliphatic heterocycles. The molecule has 1 amide bonds. The van der Waals surface area contributed by atoms with Gasteiger partial charge in [0.2, 0.25) is 0 Å². The van der Waals surface area contributed by atoms with Crippen LogP contribution in [-0.2, 0) is 4.79 Å². The molecule has 5 rings (SSSR count). The Hall–Kier alpha value is -2.29. The van der Waals surface area contributed by atoms with Gasteiger partial charge >= 0.3 is 5.97 Å². The molecule has 0 saturated heterocycles. The van der Waals surface area contributed by atoms with E-state index >= 15 is 0 Å². The Labute approximate surface area is 148 Å². The lowest BCUT2D eigenvalue weighted by Crippen LogP contribution is -2.58. The van der Waals surface area contributed by atoms with Crippen molar-refractivity contribution in [1.29, 1.82) is 0 Å². The van der Waals surface area contributed by atoms with Gasteiger partial charge in [-0.05, 0) is 45.4 Å². The Kier molecular flexibility index (Phi) is 3.64. The van der Waals surface area contributed by atoms with Crippen molar-refractivity contribution >= 4 is 23.2 Å². The maximum Gasteiger partial charge on any atom is 0.309 e. The average Bonchev–Trinajstić information content (AvgIpc) is 3.25. The number of carbonyl (C=O) groups excluding carboxylic acids is 1. The van der Waals surface area contributed by atoms with Crippen molar-refractivity contribution in [1.82, 2.24) is 25.5 Å². The number of hydrogen-bond donors (Lipinski definition) is 3. The lowest BCUT2D eigenvalue weighted by atomic mass is 9.57. The van der Waals surface area contributed by atoms with E-state index in [0.29, 0.717) is 55.1 Å². The van der Waals surface area contributed by atoms with Crippen LogP contribution in [-0.4, -0.2) is 42.7 Å². The fraction of sp³-hybridized carbons (Fsp3) is 0.562. The van der Waals surface area contributed by atoms with Gasteiger partial charge in [0, 0.05) is 10.4 Å². The predicted molar refractivity (Wildman–Crippen MR) is 90.2 cm³/mol. The van der Waals surface area contributed by atoms with Gasteiger partial charge in [0.1, 0.15) is 12.0 Å². The number of hydrogen-bond acceptors (Lipinski definition) is 6. The molecular weight excluding hydrogens is 342 g/mol. The lowest BCUT2D eigenvalue weighted by Gasteiger charge is -2.51. The standard InChI is InChI=1S/C16H19N5O3S/c1-9-10(19-13(25-9)11-17-8-18-21-11)12(22)20-16-5-2-15(3-6-16,4-7-16)14(23)24/h8H,2-7H2,1H3,(H,20,22)(H,23,24)(H,17,18,21). The molecule has 0 unspecified atom stereocenters. The molecule has 0 aromatic carbocycles. The van der Waals surface area contributed by atoms with Gasteiger partial charge in [-0.25, -0.2) is 9.97 Å². The average molecular weight is 361 g/mol.